The average Bonchev–Trinajstić information content (AvgIpc) is 2.44. The van der Waals surface area contributed by atoms with E-state index in [1.54, 1.807) is 0 Å². The molecule has 110 valence electrons. The van der Waals surface area contributed by atoms with Gasteiger partial charge in [0.25, 0.3) is 0 Å². The summed E-state index contributed by atoms with van der Waals surface area (Å²) in [6.45, 7) is 3.43. The molecule has 3 N–H and O–H groups in total. The van der Waals surface area contributed by atoms with Crippen LogP contribution in [0.2, 0.25) is 0 Å². The molecule has 0 radical (unpaired) electrons. The molecule has 1 aromatic carbocycles. The zero-order chi connectivity index (χ0) is 15.1. The van der Waals surface area contributed by atoms with Crippen molar-refractivity contribution in [1.82, 2.24) is 4.90 Å². The number of aliphatic carboxylic acids is 1. The minimum absolute atomic E-state index is 0.138. The van der Waals surface area contributed by atoms with Gasteiger partial charge in [0.15, 0.2) is 0 Å². The van der Waals surface area contributed by atoms with Crippen molar-refractivity contribution in [2.75, 3.05) is 6.54 Å². The maximum atomic E-state index is 12.3. The maximum absolute atomic E-state index is 12.3. The van der Waals surface area contributed by atoms with Gasteiger partial charge in [-0.25, -0.2) is 0 Å². The first-order valence-corrected chi connectivity index (χ1v) is 6.77. The predicted molar refractivity (Wildman–Crippen MR) is 77.2 cm³/mol. The van der Waals surface area contributed by atoms with Crippen LogP contribution in [0.5, 0.6) is 0 Å². The lowest BCUT2D eigenvalue weighted by Gasteiger charge is -2.29. The van der Waals surface area contributed by atoms with Gasteiger partial charge in [0.05, 0.1) is 6.04 Å². The summed E-state index contributed by atoms with van der Waals surface area (Å²) in [4.78, 5) is 24.5. The summed E-state index contributed by atoms with van der Waals surface area (Å²) in [5, 5.41) is 8.91. The quantitative estimate of drug-likeness (QED) is 0.786. The van der Waals surface area contributed by atoms with Gasteiger partial charge in [0, 0.05) is 6.04 Å². The van der Waals surface area contributed by atoms with Crippen LogP contribution >= 0.6 is 0 Å². The van der Waals surface area contributed by atoms with E-state index in [1.807, 2.05) is 44.2 Å². The number of carboxylic acid groups (broad SMARTS) is 1. The van der Waals surface area contributed by atoms with Crippen molar-refractivity contribution >= 4 is 11.9 Å². The monoisotopic (exact) mass is 278 g/mol. The Hall–Kier alpha value is -1.88. The van der Waals surface area contributed by atoms with Crippen molar-refractivity contribution in [2.24, 2.45) is 5.73 Å². The third-order valence-corrected chi connectivity index (χ3v) is 3.33. The van der Waals surface area contributed by atoms with Gasteiger partial charge in [-0.05, 0) is 25.3 Å². The van der Waals surface area contributed by atoms with E-state index in [0.717, 1.165) is 5.56 Å². The normalized spacial score (nSPS) is 13.6. The second-order valence-corrected chi connectivity index (χ2v) is 4.91. The summed E-state index contributed by atoms with van der Waals surface area (Å²) in [5.41, 5.74) is 6.90. The molecule has 20 heavy (non-hydrogen) atoms. The van der Waals surface area contributed by atoms with E-state index in [9.17, 15) is 9.59 Å². The SMILES string of the molecule is CCC(C)N(CC(=O)O)C(=O)C(N)Cc1ccccc1. The van der Waals surface area contributed by atoms with Gasteiger partial charge in [-0.3, -0.25) is 9.59 Å². The van der Waals surface area contributed by atoms with E-state index in [2.05, 4.69) is 0 Å². The minimum atomic E-state index is -1.02. The largest absolute Gasteiger partial charge is 0.480 e. The van der Waals surface area contributed by atoms with E-state index in [1.165, 1.54) is 4.90 Å². The number of hydrogen-bond donors (Lipinski definition) is 2. The summed E-state index contributed by atoms with van der Waals surface area (Å²) in [6, 6.07) is 8.61. The third kappa shape index (κ3) is 4.66. The molecule has 5 heteroatoms. The summed E-state index contributed by atoms with van der Waals surface area (Å²) in [5.74, 6) is -1.34. The van der Waals surface area contributed by atoms with Gasteiger partial charge in [-0.15, -0.1) is 0 Å². The highest BCUT2D eigenvalue weighted by atomic mass is 16.4. The maximum Gasteiger partial charge on any atom is 0.323 e. The van der Waals surface area contributed by atoms with Crippen LogP contribution in [-0.4, -0.2) is 40.5 Å². The van der Waals surface area contributed by atoms with Gasteiger partial charge >= 0.3 is 5.97 Å². The van der Waals surface area contributed by atoms with Crippen LogP contribution < -0.4 is 5.73 Å². The van der Waals surface area contributed by atoms with Crippen LogP contribution in [0.4, 0.5) is 0 Å². The van der Waals surface area contributed by atoms with Crippen molar-refractivity contribution in [1.29, 1.82) is 0 Å². The fraction of sp³-hybridized carbons (Fsp3) is 0.467. The zero-order valence-corrected chi connectivity index (χ0v) is 12.0. The molecule has 0 aliphatic heterocycles. The van der Waals surface area contributed by atoms with Crippen molar-refractivity contribution in [2.45, 2.75) is 38.8 Å². The molecule has 0 heterocycles. The number of amides is 1. The first kappa shape index (κ1) is 16.2. The highest BCUT2D eigenvalue weighted by molar-refractivity contribution is 5.85. The lowest BCUT2D eigenvalue weighted by Crippen LogP contribution is -2.50. The van der Waals surface area contributed by atoms with Crippen LogP contribution in [0, 0.1) is 0 Å². The molecule has 2 atom stereocenters. The Morgan fingerprint density at radius 2 is 1.90 bits per heavy atom. The number of nitrogens with two attached hydrogens (primary N) is 1. The molecule has 0 spiro atoms. The molecular weight excluding hydrogens is 256 g/mol. The number of carbonyl (C=O) groups is 2. The topological polar surface area (TPSA) is 83.6 Å². The van der Waals surface area contributed by atoms with E-state index in [-0.39, 0.29) is 18.5 Å². The van der Waals surface area contributed by atoms with Crippen molar-refractivity contribution in [3.8, 4) is 0 Å². The molecule has 1 aromatic rings. The fourth-order valence-corrected chi connectivity index (χ4v) is 1.99. The van der Waals surface area contributed by atoms with Crippen LogP contribution in [0.15, 0.2) is 30.3 Å². The number of benzene rings is 1. The summed E-state index contributed by atoms with van der Waals surface area (Å²) in [6.07, 6.45) is 1.10. The first-order valence-electron chi connectivity index (χ1n) is 6.77. The molecule has 5 nitrogen and oxygen atoms in total. The Bertz CT molecular complexity index is 448. The molecule has 1 rings (SSSR count). The number of carbonyl (C=O) groups excluding carboxylic acids is 1. The second kappa shape index (κ2) is 7.65. The molecule has 0 saturated carbocycles. The van der Waals surface area contributed by atoms with Crippen molar-refractivity contribution in [3.05, 3.63) is 35.9 Å². The van der Waals surface area contributed by atoms with Gasteiger partial charge < -0.3 is 15.7 Å². The van der Waals surface area contributed by atoms with Crippen LogP contribution in [0.1, 0.15) is 25.8 Å². The molecule has 0 saturated heterocycles. The molecule has 1 amide bonds. The average molecular weight is 278 g/mol. The van der Waals surface area contributed by atoms with E-state index in [4.69, 9.17) is 10.8 Å². The fourth-order valence-electron chi connectivity index (χ4n) is 1.99. The highest BCUT2D eigenvalue weighted by Gasteiger charge is 2.26. The summed E-state index contributed by atoms with van der Waals surface area (Å²) in [7, 11) is 0. The second-order valence-electron chi connectivity index (χ2n) is 4.91. The number of nitrogens with zero attached hydrogens (tertiary/aromatic N) is 1. The Labute approximate surface area is 119 Å². The molecule has 0 bridgehead atoms. The van der Waals surface area contributed by atoms with Crippen molar-refractivity contribution < 1.29 is 14.7 Å². The molecule has 0 fully saturated rings. The Morgan fingerprint density at radius 1 is 1.30 bits per heavy atom. The lowest BCUT2D eigenvalue weighted by molar-refractivity contribution is -0.146. The van der Waals surface area contributed by atoms with Gasteiger partial charge in [-0.2, -0.15) is 0 Å². The smallest absolute Gasteiger partial charge is 0.323 e. The Kier molecular flexibility index (Phi) is 6.18. The number of hydrogen-bond acceptors (Lipinski definition) is 3. The molecule has 2 unspecified atom stereocenters. The Morgan fingerprint density at radius 3 is 2.40 bits per heavy atom. The molecule has 0 aliphatic rings. The molecule has 0 aromatic heterocycles. The first-order chi connectivity index (χ1) is 9.45. The van der Waals surface area contributed by atoms with E-state index in [0.29, 0.717) is 12.8 Å². The third-order valence-electron chi connectivity index (χ3n) is 3.33. The summed E-state index contributed by atoms with van der Waals surface area (Å²) < 4.78 is 0. The Balaban J connectivity index is 2.75. The van der Waals surface area contributed by atoms with Crippen molar-refractivity contribution in [3.63, 3.8) is 0 Å². The van der Waals surface area contributed by atoms with E-state index < -0.39 is 12.0 Å². The summed E-state index contributed by atoms with van der Waals surface area (Å²) >= 11 is 0. The number of carboxylic acids is 1. The minimum Gasteiger partial charge on any atom is -0.480 e. The van der Waals surface area contributed by atoms with Crippen LogP contribution in [0.25, 0.3) is 0 Å². The predicted octanol–water partition coefficient (Wildman–Crippen LogP) is 1.27. The van der Waals surface area contributed by atoms with Gasteiger partial charge in [-0.1, -0.05) is 37.3 Å². The standard InChI is InChI=1S/C15H22N2O3/c1-3-11(2)17(10-14(18)19)15(20)13(16)9-12-7-5-4-6-8-12/h4-8,11,13H,3,9-10,16H2,1-2H3,(H,18,19). The molecule has 0 aliphatic carbocycles. The van der Waals surface area contributed by atoms with Gasteiger partial charge in [0.2, 0.25) is 5.91 Å². The number of rotatable bonds is 7. The van der Waals surface area contributed by atoms with Crippen LogP contribution in [0.3, 0.4) is 0 Å². The van der Waals surface area contributed by atoms with E-state index >= 15 is 0 Å². The van der Waals surface area contributed by atoms with Crippen LogP contribution in [-0.2, 0) is 16.0 Å². The molecular formula is C15H22N2O3. The highest BCUT2D eigenvalue weighted by Crippen LogP contribution is 2.09. The zero-order valence-electron chi connectivity index (χ0n) is 12.0. The van der Waals surface area contributed by atoms with Gasteiger partial charge in [0.1, 0.15) is 6.54 Å². The lowest BCUT2D eigenvalue weighted by atomic mass is 10.0.